The second-order valence-corrected chi connectivity index (χ2v) is 7.19. The largest absolute Gasteiger partial charge is 0.366 e. The van der Waals surface area contributed by atoms with Gasteiger partial charge in [0.2, 0.25) is 0 Å². The Hall–Kier alpha value is -2.08. The number of aromatic amines is 1. The molecule has 0 amide bonds. The van der Waals surface area contributed by atoms with Crippen LogP contribution in [0.1, 0.15) is 22.4 Å². The predicted octanol–water partition coefficient (Wildman–Crippen LogP) is 4.59. The number of halogens is 1. The Morgan fingerprint density at radius 2 is 1.81 bits per heavy atom. The van der Waals surface area contributed by atoms with Crippen LogP contribution in [0.3, 0.4) is 0 Å². The molecule has 134 valence electrons. The Balaban J connectivity index is 1.63. The second kappa shape index (κ2) is 9.03. The van der Waals surface area contributed by atoms with Crippen molar-refractivity contribution in [1.29, 1.82) is 0 Å². The molecule has 6 heteroatoms. The summed E-state index contributed by atoms with van der Waals surface area (Å²) in [5.41, 5.74) is 3.46. The zero-order valence-corrected chi connectivity index (χ0v) is 15.9. The van der Waals surface area contributed by atoms with E-state index in [2.05, 4.69) is 9.97 Å². The van der Waals surface area contributed by atoms with E-state index < -0.39 is 0 Å². The first-order valence-corrected chi connectivity index (χ1v) is 9.57. The molecule has 0 spiro atoms. The summed E-state index contributed by atoms with van der Waals surface area (Å²) in [6, 6.07) is 17.5. The summed E-state index contributed by atoms with van der Waals surface area (Å²) < 4.78 is 5.65. The number of hydrogen-bond acceptors (Lipinski definition) is 4. The van der Waals surface area contributed by atoms with Crippen LogP contribution in [0.2, 0.25) is 5.02 Å². The number of benzene rings is 2. The van der Waals surface area contributed by atoms with E-state index in [0.29, 0.717) is 34.7 Å². The topological polar surface area (TPSA) is 55.0 Å². The lowest BCUT2D eigenvalue weighted by molar-refractivity contribution is 0.169. The molecule has 3 rings (SSSR count). The van der Waals surface area contributed by atoms with Gasteiger partial charge in [0.15, 0.2) is 5.16 Å². The van der Waals surface area contributed by atoms with E-state index in [0.717, 1.165) is 16.8 Å². The fourth-order valence-corrected chi connectivity index (χ4v) is 3.17. The van der Waals surface area contributed by atoms with Gasteiger partial charge in [0.05, 0.1) is 12.3 Å². The zero-order chi connectivity index (χ0) is 18.4. The number of H-pyrrole nitrogens is 1. The zero-order valence-electron chi connectivity index (χ0n) is 14.4. The lowest BCUT2D eigenvalue weighted by Gasteiger charge is -2.08. The summed E-state index contributed by atoms with van der Waals surface area (Å²) in [6.07, 6.45) is 0.589. The molecule has 0 aliphatic rings. The monoisotopic (exact) mass is 386 g/mol. The summed E-state index contributed by atoms with van der Waals surface area (Å²) in [6.45, 7) is 2.32. The van der Waals surface area contributed by atoms with Crippen molar-refractivity contribution < 1.29 is 4.74 Å². The van der Waals surface area contributed by atoms with E-state index in [1.165, 1.54) is 11.8 Å². The molecule has 1 N–H and O–H groups in total. The average molecular weight is 387 g/mol. The second-order valence-electron chi connectivity index (χ2n) is 5.84. The Labute approximate surface area is 161 Å². The minimum atomic E-state index is -0.116. The van der Waals surface area contributed by atoms with Crippen molar-refractivity contribution in [2.45, 2.75) is 25.1 Å². The summed E-state index contributed by atoms with van der Waals surface area (Å²) in [4.78, 5) is 19.6. The van der Waals surface area contributed by atoms with Gasteiger partial charge in [-0.05, 0) is 30.2 Å². The third kappa shape index (κ3) is 5.21. The van der Waals surface area contributed by atoms with Crippen LogP contribution < -0.4 is 5.56 Å². The minimum Gasteiger partial charge on any atom is -0.366 e. The summed E-state index contributed by atoms with van der Waals surface area (Å²) in [5.74, 6) is 0.418. The number of rotatable bonds is 7. The molecule has 0 saturated carbocycles. The van der Waals surface area contributed by atoms with Crippen LogP contribution in [0.15, 0.2) is 64.5 Å². The lowest BCUT2D eigenvalue weighted by Crippen LogP contribution is -2.16. The van der Waals surface area contributed by atoms with Gasteiger partial charge in [-0.25, -0.2) is 4.98 Å². The van der Waals surface area contributed by atoms with Gasteiger partial charge in [-0.15, -0.1) is 0 Å². The van der Waals surface area contributed by atoms with E-state index >= 15 is 0 Å². The third-order valence-electron chi connectivity index (χ3n) is 3.91. The standard InChI is InChI=1S/C20H19ClN2O2S/c1-14-18(11-15-7-9-17(21)10-8-15)22-20(23-19(14)24)26-13-25-12-16-5-3-2-4-6-16/h2-10H,11-13H2,1H3,(H,22,23,24). The Morgan fingerprint density at radius 3 is 2.54 bits per heavy atom. The van der Waals surface area contributed by atoms with Gasteiger partial charge in [-0.3, -0.25) is 4.79 Å². The molecule has 4 nitrogen and oxygen atoms in total. The van der Waals surface area contributed by atoms with Gasteiger partial charge in [-0.1, -0.05) is 65.8 Å². The Kier molecular flexibility index (Phi) is 6.50. The molecule has 0 fully saturated rings. The molecule has 26 heavy (non-hydrogen) atoms. The van der Waals surface area contributed by atoms with Crippen molar-refractivity contribution in [3.8, 4) is 0 Å². The first-order chi connectivity index (χ1) is 12.6. The van der Waals surface area contributed by atoms with E-state index in [1.54, 1.807) is 6.92 Å². The van der Waals surface area contributed by atoms with Gasteiger partial charge in [0, 0.05) is 17.0 Å². The summed E-state index contributed by atoms with van der Waals surface area (Å²) in [7, 11) is 0. The summed E-state index contributed by atoms with van der Waals surface area (Å²) >= 11 is 7.30. The third-order valence-corrected chi connectivity index (χ3v) is 4.91. The van der Waals surface area contributed by atoms with Gasteiger partial charge < -0.3 is 9.72 Å². The van der Waals surface area contributed by atoms with Gasteiger partial charge in [0.25, 0.3) is 5.56 Å². The molecule has 0 saturated heterocycles. The number of ether oxygens (including phenoxy) is 1. The Morgan fingerprint density at radius 1 is 1.08 bits per heavy atom. The van der Waals surface area contributed by atoms with Crippen molar-refractivity contribution in [2.24, 2.45) is 0 Å². The van der Waals surface area contributed by atoms with Crippen LogP contribution in [0, 0.1) is 6.92 Å². The first kappa shape index (κ1) is 18.7. The SMILES string of the molecule is Cc1c(Cc2ccc(Cl)cc2)nc(SCOCc2ccccc2)[nH]c1=O. The molecule has 0 aliphatic heterocycles. The van der Waals surface area contributed by atoms with Crippen LogP contribution >= 0.6 is 23.4 Å². The molecule has 0 aliphatic carbocycles. The van der Waals surface area contributed by atoms with E-state index in [1.807, 2.05) is 54.6 Å². The molecule has 0 radical (unpaired) electrons. The quantitative estimate of drug-likeness (QED) is 0.279. The Bertz CT molecular complexity index is 911. The van der Waals surface area contributed by atoms with Crippen molar-refractivity contribution in [3.05, 3.63) is 92.4 Å². The lowest BCUT2D eigenvalue weighted by atomic mass is 10.1. The van der Waals surface area contributed by atoms with Crippen LogP contribution in [0.25, 0.3) is 0 Å². The highest BCUT2D eigenvalue weighted by molar-refractivity contribution is 7.99. The smallest absolute Gasteiger partial charge is 0.254 e. The van der Waals surface area contributed by atoms with Gasteiger partial charge in [0.1, 0.15) is 5.94 Å². The highest BCUT2D eigenvalue weighted by atomic mass is 35.5. The van der Waals surface area contributed by atoms with Gasteiger partial charge >= 0.3 is 0 Å². The fraction of sp³-hybridized carbons (Fsp3) is 0.200. The van der Waals surface area contributed by atoms with Crippen molar-refractivity contribution in [1.82, 2.24) is 9.97 Å². The number of aromatic nitrogens is 2. The molecular weight excluding hydrogens is 368 g/mol. The van der Waals surface area contributed by atoms with E-state index in [-0.39, 0.29) is 5.56 Å². The van der Waals surface area contributed by atoms with E-state index in [4.69, 9.17) is 16.3 Å². The van der Waals surface area contributed by atoms with Crippen LogP contribution in [-0.2, 0) is 17.8 Å². The summed E-state index contributed by atoms with van der Waals surface area (Å²) in [5, 5.41) is 1.26. The maximum absolute atomic E-state index is 12.2. The van der Waals surface area contributed by atoms with E-state index in [9.17, 15) is 4.79 Å². The normalized spacial score (nSPS) is 10.8. The molecule has 0 bridgehead atoms. The molecule has 3 aromatic rings. The molecule has 0 atom stereocenters. The number of hydrogen-bond donors (Lipinski definition) is 1. The van der Waals surface area contributed by atoms with Gasteiger partial charge in [-0.2, -0.15) is 0 Å². The first-order valence-electron chi connectivity index (χ1n) is 8.20. The highest BCUT2D eigenvalue weighted by Crippen LogP contribution is 2.17. The number of nitrogens with one attached hydrogen (secondary N) is 1. The number of thioether (sulfide) groups is 1. The van der Waals surface area contributed by atoms with Crippen LogP contribution in [-0.4, -0.2) is 15.9 Å². The average Bonchev–Trinajstić information content (AvgIpc) is 2.65. The van der Waals surface area contributed by atoms with Crippen molar-refractivity contribution >= 4 is 23.4 Å². The predicted molar refractivity (Wildman–Crippen MR) is 106 cm³/mol. The molecule has 1 aromatic heterocycles. The molecular formula is C20H19ClN2O2S. The molecule has 1 heterocycles. The fourth-order valence-electron chi connectivity index (χ4n) is 2.42. The number of nitrogens with zero attached hydrogens (tertiary/aromatic N) is 1. The van der Waals surface area contributed by atoms with Crippen molar-refractivity contribution in [3.63, 3.8) is 0 Å². The van der Waals surface area contributed by atoms with Crippen LogP contribution in [0.4, 0.5) is 0 Å². The maximum Gasteiger partial charge on any atom is 0.254 e. The highest BCUT2D eigenvalue weighted by Gasteiger charge is 2.09. The molecule has 2 aromatic carbocycles. The minimum absolute atomic E-state index is 0.116. The van der Waals surface area contributed by atoms with Crippen LogP contribution in [0.5, 0.6) is 0 Å². The van der Waals surface area contributed by atoms with Crippen molar-refractivity contribution in [2.75, 3.05) is 5.94 Å². The molecule has 0 unspecified atom stereocenters. The maximum atomic E-state index is 12.2.